The number of halogens is 1. The molecule has 1 aliphatic heterocycles. The van der Waals surface area contributed by atoms with Crippen molar-refractivity contribution in [3.8, 4) is 0 Å². The number of nitrogens with one attached hydrogen (secondary N) is 1. The first-order valence-corrected chi connectivity index (χ1v) is 10.1. The Labute approximate surface area is 188 Å². The minimum absolute atomic E-state index is 0.177. The van der Waals surface area contributed by atoms with Crippen molar-refractivity contribution in [3.63, 3.8) is 0 Å². The smallest absolute Gasteiger partial charge is 0.338 e. The van der Waals surface area contributed by atoms with Crippen LogP contribution in [0.5, 0.6) is 0 Å². The molecule has 160 valence electrons. The molecule has 1 heterocycles. The van der Waals surface area contributed by atoms with Crippen LogP contribution in [-0.2, 0) is 9.53 Å². The highest BCUT2D eigenvalue weighted by Crippen LogP contribution is 2.28. The zero-order valence-corrected chi connectivity index (χ0v) is 17.6. The van der Waals surface area contributed by atoms with Gasteiger partial charge in [0.15, 0.2) is 6.10 Å². The van der Waals surface area contributed by atoms with E-state index in [2.05, 4.69) is 5.32 Å². The van der Waals surface area contributed by atoms with Crippen LogP contribution in [0.2, 0.25) is 5.02 Å². The Bertz CT molecular complexity index is 1190. The Balaban J connectivity index is 1.41. The molecular formula is C24H17ClN2O5. The highest BCUT2D eigenvalue weighted by atomic mass is 35.5. The summed E-state index contributed by atoms with van der Waals surface area (Å²) in [6, 6.07) is 18.9. The van der Waals surface area contributed by atoms with Crippen LogP contribution in [0.3, 0.4) is 0 Å². The first-order valence-electron chi connectivity index (χ1n) is 9.70. The van der Waals surface area contributed by atoms with Gasteiger partial charge in [0.1, 0.15) is 0 Å². The SMILES string of the molecule is CC(OC(=O)c1ccc(N2C(=O)c3ccccc3C2=O)cc1)C(=O)Nc1ccc(Cl)cc1. The summed E-state index contributed by atoms with van der Waals surface area (Å²) in [7, 11) is 0. The quantitative estimate of drug-likeness (QED) is 0.463. The van der Waals surface area contributed by atoms with E-state index in [0.29, 0.717) is 27.5 Å². The number of hydrogen-bond acceptors (Lipinski definition) is 5. The van der Waals surface area contributed by atoms with E-state index in [1.165, 1.54) is 31.2 Å². The zero-order chi connectivity index (χ0) is 22.8. The molecule has 1 N–H and O–H groups in total. The fourth-order valence-corrected chi connectivity index (χ4v) is 3.36. The van der Waals surface area contributed by atoms with E-state index < -0.39 is 29.8 Å². The fraction of sp³-hybridized carbons (Fsp3) is 0.0833. The van der Waals surface area contributed by atoms with Gasteiger partial charge in [-0.25, -0.2) is 9.69 Å². The molecular weight excluding hydrogens is 432 g/mol. The van der Waals surface area contributed by atoms with Gasteiger partial charge in [0.05, 0.1) is 22.4 Å². The first-order chi connectivity index (χ1) is 15.3. The van der Waals surface area contributed by atoms with Gasteiger partial charge in [0, 0.05) is 10.7 Å². The Morgan fingerprint density at radius 2 is 1.44 bits per heavy atom. The number of ether oxygens (including phenoxy) is 1. The number of carbonyl (C=O) groups excluding carboxylic acids is 4. The number of esters is 1. The van der Waals surface area contributed by atoms with Crippen molar-refractivity contribution in [2.75, 3.05) is 10.2 Å². The van der Waals surface area contributed by atoms with Crippen LogP contribution in [0.25, 0.3) is 0 Å². The third-order valence-electron chi connectivity index (χ3n) is 4.92. The molecule has 0 saturated carbocycles. The molecule has 3 aromatic carbocycles. The van der Waals surface area contributed by atoms with Crippen molar-refractivity contribution in [3.05, 3.63) is 94.5 Å². The standard InChI is InChI=1S/C24H17ClN2O5/c1-14(21(28)26-17-10-8-16(25)9-11-17)32-24(31)15-6-12-18(13-7-15)27-22(29)19-4-2-3-5-20(19)23(27)30/h2-14H,1H3,(H,26,28). The molecule has 0 saturated heterocycles. The number of carbonyl (C=O) groups is 4. The van der Waals surface area contributed by atoms with Gasteiger partial charge >= 0.3 is 5.97 Å². The second-order valence-electron chi connectivity index (χ2n) is 7.08. The molecule has 1 atom stereocenters. The van der Waals surface area contributed by atoms with Gasteiger partial charge in [-0.15, -0.1) is 0 Å². The maximum Gasteiger partial charge on any atom is 0.338 e. The molecule has 0 aliphatic carbocycles. The molecule has 3 aromatic rings. The molecule has 4 rings (SSSR count). The number of amides is 3. The second-order valence-corrected chi connectivity index (χ2v) is 7.52. The van der Waals surface area contributed by atoms with Crippen LogP contribution in [0, 0.1) is 0 Å². The number of anilines is 2. The average molecular weight is 449 g/mol. The van der Waals surface area contributed by atoms with E-state index in [-0.39, 0.29) is 5.56 Å². The summed E-state index contributed by atoms with van der Waals surface area (Å²) in [5.41, 5.74) is 1.70. The topological polar surface area (TPSA) is 92.8 Å². The van der Waals surface area contributed by atoms with Crippen molar-refractivity contribution in [2.45, 2.75) is 13.0 Å². The number of hydrogen-bond donors (Lipinski definition) is 1. The third-order valence-corrected chi connectivity index (χ3v) is 5.17. The van der Waals surface area contributed by atoms with E-state index in [4.69, 9.17) is 16.3 Å². The van der Waals surface area contributed by atoms with Gasteiger partial charge in [-0.1, -0.05) is 23.7 Å². The molecule has 0 bridgehead atoms. The highest BCUT2D eigenvalue weighted by molar-refractivity contribution is 6.34. The Kier molecular flexibility index (Phi) is 5.75. The molecule has 0 radical (unpaired) electrons. The van der Waals surface area contributed by atoms with Gasteiger partial charge in [0.2, 0.25) is 0 Å². The summed E-state index contributed by atoms with van der Waals surface area (Å²) in [5, 5.41) is 3.17. The van der Waals surface area contributed by atoms with Crippen LogP contribution in [-0.4, -0.2) is 29.8 Å². The normalized spacial score (nSPS) is 13.5. The first kappa shape index (κ1) is 21.3. The molecule has 8 heteroatoms. The second kappa shape index (κ2) is 8.64. The highest BCUT2D eigenvalue weighted by Gasteiger charge is 2.36. The predicted molar refractivity (Wildman–Crippen MR) is 119 cm³/mol. The summed E-state index contributed by atoms with van der Waals surface area (Å²) in [4.78, 5) is 50.9. The van der Waals surface area contributed by atoms with E-state index in [9.17, 15) is 19.2 Å². The Morgan fingerprint density at radius 3 is 2.00 bits per heavy atom. The van der Waals surface area contributed by atoms with E-state index in [0.717, 1.165) is 4.90 Å². The lowest BCUT2D eigenvalue weighted by Crippen LogP contribution is -2.30. The molecule has 0 fully saturated rings. The summed E-state index contributed by atoms with van der Waals surface area (Å²) in [5.74, 6) is -2.05. The molecule has 0 aromatic heterocycles. The maximum absolute atomic E-state index is 12.6. The van der Waals surface area contributed by atoms with Crippen LogP contribution in [0.1, 0.15) is 38.0 Å². The monoisotopic (exact) mass is 448 g/mol. The fourth-order valence-electron chi connectivity index (χ4n) is 3.23. The number of benzene rings is 3. The lowest BCUT2D eigenvalue weighted by molar-refractivity contribution is -0.123. The van der Waals surface area contributed by atoms with Crippen LogP contribution in [0.4, 0.5) is 11.4 Å². The van der Waals surface area contributed by atoms with Crippen molar-refractivity contribution in [1.82, 2.24) is 0 Å². The van der Waals surface area contributed by atoms with Crippen molar-refractivity contribution in [1.29, 1.82) is 0 Å². The van der Waals surface area contributed by atoms with Crippen LogP contribution >= 0.6 is 11.6 Å². The molecule has 1 unspecified atom stereocenters. The van der Waals surface area contributed by atoms with Gasteiger partial charge in [-0.05, 0) is 67.6 Å². The minimum Gasteiger partial charge on any atom is -0.449 e. The summed E-state index contributed by atoms with van der Waals surface area (Å²) < 4.78 is 5.23. The molecule has 7 nitrogen and oxygen atoms in total. The number of rotatable bonds is 5. The van der Waals surface area contributed by atoms with Crippen molar-refractivity contribution >= 4 is 46.7 Å². The molecule has 3 amide bonds. The average Bonchev–Trinajstić information content (AvgIpc) is 3.05. The van der Waals surface area contributed by atoms with Gasteiger partial charge in [0.25, 0.3) is 17.7 Å². The lowest BCUT2D eigenvalue weighted by Gasteiger charge is -2.15. The van der Waals surface area contributed by atoms with Gasteiger partial charge in [-0.3, -0.25) is 14.4 Å². The van der Waals surface area contributed by atoms with Crippen molar-refractivity contribution in [2.24, 2.45) is 0 Å². The summed E-state index contributed by atoms with van der Waals surface area (Å²) >= 11 is 5.82. The van der Waals surface area contributed by atoms with Crippen molar-refractivity contribution < 1.29 is 23.9 Å². The summed E-state index contributed by atoms with van der Waals surface area (Å²) in [6.07, 6.45) is -1.05. The predicted octanol–water partition coefficient (Wildman–Crippen LogP) is 4.32. The van der Waals surface area contributed by atoms with Crippen LogP contribution < -0.4 is 10.2 Å². The minimum atomic E-state index is -1.05. The van der Waals surface area contributed by atoms with E-state index in [1.54, 1.807) is 48.5 Å². The molecule has 32 heavy (non-hydrogen) atoms. The van der Waals surface area contributed by atoms with E-state index >= 15 is 0 Å². The molecule has 0 spiro atoms. The largest absolute Gasteiger partial charge is 0.449 e. The van der Waals surface area contributed by atoms with Gasteiger partial charge in [-0.2, -0.15) is 0 Å². The lowest BCUT2D eigenvalue weighted by atomic mass is 10.1. The Hall–Kier alpha value is -3.97. The zero-order valence-electron chi connectivity index (χ0n) is 16.9. The maximum atomic E-state index is 12.6. The number of imide groups is 1. The Morgan fingerprint density at radius 1 is 0.875 bits per heavy atom. The molecule has 1 aliphatic rings. The third kappa shape index (κ3) is 4.10. The number of nitrogens with zero attached hydrogens (tertiary/aromatic N) is 1. The summed E-state index contributed by atoms with van der Waals surface area (Å²) in [6.45, 7) is 1.45. The number of fused-ring (bicyclic) bond motifs is 1. The van der Waals surface area contributed by atoms with Gasteiger partial charge < -0.3 is 10.1 Å². The van der Waals surface area contributed by atoms with Crippen LogP contribution in [0.15, 0.2) is 72.8 Å². The van der Waals surface area contributed by atoms with E-state index in [1.807, 2.05) is 0 Å².